The van der Waals surface area contributed by atoms with E-state index in [1.807, 2.05) is 48.5 Å². The predicted octanol–water partition coefficient (Wildman–Crippen LogP) is 4.89. The SMILES string of the molecule is COc1ccc(F)c(C(=O)O)c1NC(=O)OCC1c2ccccc2-c2ccccc21. The number of halogens is 1. The molecule has 0 saturated heterocycles. The summed E-state index contributed by atoms with van der Waals surface area (Å²) in [6.07, 6.45) is -0.900. The highest BCUT2D eigenvalue weighted by atomic mass is 19.1. The molecule has 1 aliphatic carbocycles. The summed E-state index contributed by atoms with van der Waals surface area (Å²) < 4.78 is 24.5. The number of ether oxygens (including phenoxy) is 2. The smallest absolute Gasteiger partial charge is 0.411 e. The first-order chi connectivity index (χ1) is 14.5. The molecule has 0 radical (unpaired) electrons. The molecule has 0 saturated carbocycles. The van der Waals surface area contributed by atoms with Crippen LogP contribution in [0.5, 0.6) is 5.75 Å². The maximum Gasteiger partial charge on any atom is 0.411 e. The Morgan fingerprint density at radius 3 is 2.17 bits per heavy atom. The second-order valence-corrected chi connectivity index (χ2v) is 6.76. The van der Waals surface area contributed by atoms with Gasteiger partial charge in [-0.25, -0.2) is 14.0 Å². The van der Waals surface area contributed by atoms with E-state index in [1.54, 1.807) is 0 Å². The minimum atomic E-state index is -1.53. The molecule has 1 aliphatic rings. The number of hydrogen-bond donors (Lipinski definition) is 2. The second-order valence-electron chi connectivity index (χ2n) is 6.76. The van der Waals surface area contributed by atoms with Gasteiger partial charge in [0.1, 0.15) is 29.4 Å². The number of fused-ring (bicyclic) bond motifs is 3. The summed E-state index contributed by atoms with van der Waals surface area (Å²) in [5, 5.41) is 11.6. The number of anilines is 1. The van der Waals surface area contributed by atoms with Crippen molar-refractivity contribution in [2.24, 2.45) is 0 Å². The zero-order chi connectivity index (χ0) is 21.3. The van der Waals surface area contributed by atoms with Crippen LogP contribution in [0.4, 0.5) is 14.9 Å². The van der Waals surface area contributed by atoms with Gasteiger partial charge in [-0.05, 0) is 34.4 Å². The van der Waals surface area contributed by atoms with Crippen LogP contribution in [0, 0.1) is 5.82 Å². The zero-order valence-electron chi connectivity index (χ0n) is 16.0. The number of carboxylic acid groups (broad SMARTS) is 1. The van der Waals surface area contributed by atoms with Gasteiger partial charge in [0.25, 0.3) is 0 Å². The molecule has 0 aliphatic heterocycles. The average Bonchev–Trinajstić information content (AvgIpc) is 3.06. The van der Waals surface area contributed by atoms with Gasteiger partial charge in [-0.1, -0.05) is 48.5 Å². The lowest BCUT2D eigenvalue weighted by Gasteiger charge is -2.16. The molecule has 0 spiro atoms. The van der Waals surface area contributed by atoms with Crippen LogP contribution >= 0.6 is 0 Å². The molecule has 30 heavy (non-hydrogen) atoms. The van der Waals surface area contributed by atoms with E-state index in [0.29, 0.717) is 0 Å². The van der Waals surface area contributed by atoms with Gasteiger partial charge in [0.2, 0.25) is 0 Å². The normalized spacial score (nSPS) is 12.1. The number of hydrogen-bond acceptors (Lipinski definition) is 4. The van der Waals surface area contributed by atoms with Crippen molar-refractivity contribution in [3.8, 4) is 16.9 Å². The Kier molecular flexibility index (Phi) is 5.10. The molecule has 6 nitrogen and oxygen atoms in total. The Balaban J connectivity index is 1.56. The number of carboxylic acids is 1. The molecule has 4 rings (SSSR count). The average molecular weight is 407 g/mol. The number of benzene rings is 3. The summed E-state index contributed by atoms with van der Waals surface area (Å²) >= 11 is 0. The molecule has 0 unspecified atom stereocenters. The second kappa shape index (κ2) is 7.87. The third kappa shape index (κ3) is 3.34. The lowest BCUT2D eigenvalue weighted by Crippen LogP contribution is -2.20. The molecule has 0 bridgehead atoms. The van der Waals surface area contributed by atoms with E-state index < -0.39 is 23.4 Å². The standard InChI is InChI=1S/C23H18FNO5/c1-29-19-11-10-18(24)20(22(26)27)21(19)25-23(28)30-12-17-15-8-4-2-6-13(15)14-7-3-5-9-16(14)17/h2-11,17H,12H2,1H3,(H,25,28)(H,26,27). The Morgan fingerprint density at radius 1 is 1.00 bits per heavy atom. The van der Waals surface area contributed by atoms with Gasteiger partial charge in [-0.15, -0.1) is 0 Å². The quantitative estimate of drug-likeness (QED) is 0.629. The van der Waals surface area contributed by atoms with Gasteiger partial charge in [0.05, 0.1) is 7.11 Å². The van der Waals surface area contributed by atoms with E-state index >= 15 is 0 Å². The van der Waals surface area contributed by atoms with Crippen LogP contribution < -0.4 is 10.1 Å². The first-order valence-electron chi connectivity index (χ1n) is 9.23. The summed E-state index contributed by atoms with van der Waals surface area (Å²) in [6, 6.07) is 18.0. The molecule has 0 atom stereocenters. The van der Waals surface area contributed by atoms with Crippen LogP contribution in [-0.2, 0) is 4.74 Å². The molecular formula is C23H18FNO5. The van der Waals surface area contributed by atoms with E-state index in [-0.39, 0.29) is 24.0 Å². The number of carbonyl (C=O) groups is 2. The van der Waals surface area contributed by atoms with Gasteiger partial charge in [0, 0.05) is 5.92 Å². The Bertz CT molecular complexity index is 1100. The summed E-state index contributed by atoms with van der Waals surface area (Å²) in [4.78, 5) is 23.9. The van der Waals surface area contributed by atoms with Gasteiger partial charge in [0.15, 0.2) is 0 Å². The number of amides is 1. The van der Waals surface area contributed by atoms with Crippen LogP contribution in [0.3, 0.4) is 0 Å². The van der Waals surface area contributed by atoms with Gasteiger partial charge in [-0.3, -0.25) is 5.32 Å². The van der Waals surface area contributed by atoms with Crippen molar-refractivity contribution in [1.29, 1.82) is 0 Å². The maximum absolute atomic E-state index is 14.0. The molecule has 0 heterocycles. The van der Waals surface area contributed by atoms with Crippen LogP contribution in [0.2, 0.25) is 0 Å². The highest BCUT2D eigenvalue weighted by molar-refractivity contribution is 6.01. The van der Waals surface area contributed by atoms with Crippen LogP contribution in [0.25, 0.3) is 11.1 Å². The van der Waals surface area contributed by atoms with Crippen molar-refractivity contribution < 1.29 is 28.6 Å². The van der Waals surface area contributed by atoms with Crippen LogP contribution in [0.1, 0.15) is 27.4 Å². The van der Waals surface area contributed by atoms with Gasteiger partial charge < -0.3 is 14.6 Å². The number of methoxy groups -OCH3 is 1. The lowest BCUT2D eigenvalue weighted by molar-refractivity contribution is 0.0692. The Morgan fingerprint density at radius 2 is 1.60 bits per heavy atom. The topological polar surface area (TPSA) is 84.9 Å². The predicted molar refractivity (Wildman–Crippen MR) is 109 cm³/mol. The van der Waals surface area contributed by atoms with Crippen molar-refractivity contribution in [3.05, 3.63) is 83.2 Å². The Hall–Kier alpha value is -3.87. The Labute approximate surface area is 171 Å². The van der Waals surface area contributed by atoms with Crippen LogP contribution in [-0.4, -0.2) is 30.9 Å². The zero-order valence-corrected chi connectivity index (χ0v) is 16.0. The number of nitrogens with one attached hydrogen (secondary N) is 1. The summed E-state index contributed by atoms with van der Waals surface area (Å²) in [5.74, 6) is -2.66. The third-order valence-electron chi connectivity index (χ3n) is 5.12. The number of aromatic carboxylic acids is 1. The minimum Gasteiger partial charge on any atom is -0.495 e. The molecule has 3 aromatic rings. The summed E-state index contributed by atoms with van der Waals surface area (Å²) in [5.41, 5.74) is 3.27. The van der Waals surface area contributed by atoms with Crippen molar-refractivity contribution in [2.75, 3.05) is 19.0 Å². The first kappa shape index (κ1) is 19.4. The number of carbonyl (C=O) groups excluding carboxylic acids is 1. The highest BCUT2D eigenvalue weighted by Gasteiger charge is 2.29. The van der Waals surface area contributed by atoms with Gasteiger partial charge >= 0.3 is 12.1 Å². The molecule has 1 amide bonds. The third-order valence-corrected chi connectivity index (χ3v) is 5.12. The van der Waals surface area contributed by atoms with Gasteiger partial charge in [-0.2, -0.15) is 0 Å². The maximum atomic E-state index is 14.0. The summed E-state index contributed by atoms with van der Waals surface area (Å²) in [6.45, 7) is 0.0416. The fourth-order valence-electron chi connectivity index (χ4n) is 3.80. The van der Waals surface area contributed by atoms with Crippen LogP contribution in [0.15, 0.2) is 60.7 Å². The minimum absolute atomic E-state index is 0.0160. The van der Waals surface area contributed by atoms with Crippen molar-refractivity contribution in [2.45, 2.75) is 5.92 Å². The van der Waals surface area contributed by atoms with Crippen molar-refractivity contribution >= 4 is 17.7 Å². The molecule has 0 aromatic heterocycles. The summed E-state index contributed by atoms with van der Waals surface area (Å²) in [7, 11) is 1.29. The molecule has 152 valence electrons. The molecule has 7 heteroatoms. The molecule has 2 N–H and O–H groups in total. The van der Waals surface area contributed by atoms with E-state index in [9.17, 15) is 19.1 Å². The molecule has 3 aromatic carbocycles. The molecule has 0 fully saturated rings. The number of rotatable bonds is 5. The first-order valence-corrected chi connectivity index (χ1v) is 9.23. The highest BCUT2D eigenvalue weighted by Crippen LogP contribution is 2.44. The van der Waals surface area contributed by atoms with E-state index in [4.69, 9.17) is 9.47 Å². The van der Waals surface area contributed by atoms with E-state index in [1.165, 1.54) is 13.2 Å². The largest absolute Gasteiger partial charge is 0.495 e. The fourth-order valence-corrected chi connectivity index (χ4v) is 3.80. The van der Waals surface area contributed by atoms with Crippen molar-refractivity contribution in [3.63, 3.8) is 0 Å². The van der Waals surface area contributed by atoms with E-state index in [0.717, 1.165) is 28.3 Å². The lowest BCUT2D eigenvalue weighted by atomic mass is 9.98. The van der Waals surface area contributed by atoms with E-state index in [2.05, 4.69) is 5.32 Å². The van der Waals surface area contributed by atoms with Crippen molar-refractivity contribution in [1.82, 2.24) is 0 Å². The monoisotopic (exact) mass is 407 g/mol. The molecular weight excluding hydrogens is 389 g/mol. The fraction of sp³-hybridized carbons (Fsp3) is 0.130.